The molecule has 0 aliphatic rings. The van der Waals surface area contributed by atoms with Gasteiger partial charge in [0, 0.05) is 42.4 Å². The van der Waals surface area contributed by atoms with E-state index in [1.807, 2.05) is 23.5 Å². The number of hydrogen-bond donors (Lipinski definition) is 0. The summed E-state index contributed by atoms with van der Waals surface area (Å²) >= 11 is 1.85. The van der Waals surface area contributed by atoms with Crippen molar-refractivity contribution in [2.45, 2.75) is 0 Å². The Hall–Kier alpha value is -7.79. The summed E-state index contributed by atoms with van der Waals surface area (Å²) in [7, 11) is 0. The van der Waals surface area contributed by atoms with Crippen LogP contribution in [0, 0.1) is 0 Å². The third kappa shape index (κ3) is 6.99. The molecule has 0 aliphatic carbocycles. The van der Waals surface area contributed by atoms with Crippen LogP contribution in [0.1, 0.15) is 0 Å². The molecule has 286 valence electrons. The van der Waals surface area contributed by atoms with Gasteiger partial charge in [-0.1, -0.05) is 206 Å². The molecule has 0 N–H and O–H groups in total. The molecule has 0 saturated heterocycles. The minimum absolute atomic E-state index is 0.626. The monoisotopic (exact) mass is 795 g/mol. The lowest BCUT2D eigenvalue weighted by Gasteiger charge is -2.13. The fourth-order valence-corrected chi connectivity index (χ4v) is 9.66. The molecule has 0 atom stereocenters. The molecule has 0 spiro atoms. The van der Waals surface area contributed by atoms with Crippen LogP contribution < -0.4 is 0 Å². The molecule has 2 aromatic heterocycles. The maximum absolute atomic E-state index is 5.35. The predicted octanol–water partition coefficient (Wildman–Crippen LogP) is 15.6. The molecule has 4 heteroatoms. The Labute approximate surface area is 359 Å². The second-order valence-corrected chi connectivity index (χ2v) is 16.2. The first-order valence-corrected chi connectivity index (χ1v) is 21.3. The maximum atomic E-state index is 5.35. The van der Waals surface area contributed by atoms with Crippen LogP contribution in [0.4, 0.5) is 0 Å². The Bertz CT molecular complexity index is 3190. The van der Waals surface area contributed by atoms with Crippen LogP contribution >= 0.6 is 11.3 Å². The van der Waals surface area contributed by atoms with Crippen LogP contribution in [0.15, 0.2) is 224 Å². The lowest BCUT2D eigenvalue weighted by atomic mass is 9.93. The van der Waals surface area contributed by atoms with Gasteiger partial charge >= 0.3 is 0 Å². The van der Waals surface area contributed by atoms with Gasteiger partial charge in [0.1, 0.15) is 0 Å². The highest BCUT2D eigenvalue weighted by molar-refractivity contribution is 7.27. The number of rotatable bonds is 8. The van der Waals surface area contributed by atoms with Crippen molar-refractivity contribution in [2.75, 3.05) is 0 Å². The van der Waals surface area contributed by atoms with Gasteiger partial charge in [-0.05, 0) is 68.3 Å². The van der Waals surface area contributed by atoms with Crippen molar-refractivity contribution in [3.8, 4) is 89.8 Å². The zero-order valence-corrected chi connectivity index (χ0v) is 33.9. The molecule has 11 aromatic rings. The number of hydrogen-bond acceptors (Lipinski definition) is 4. The van der Waals surface area contributed by atoms with E-state index in [0.29, 0.717) is 17.5 Å². The summed E-state index contributed by atoms with van der Waals surface area (Å²) < 4.78 is 2.43. The van der Waals surface area contributed by atoms with E-state index in [1.165, 1.54) is 53.7 Å². The molecule has 0 saturated carbocycles. The van der Waals surface area contributed by atoms with Gasteiger partial charge in [0.25, 0.3) is 0 Å². The van der Waals surface area contributed by atoms with E-state index in [1.54, 1.807) is 0 Å². The Morgan fingerprint density at radius 3 is 1.08 bits per heavy atom. The van der Waals surface area contributed by atoms with Crippen LogP contribution in [-0.4, -0.2) is 15.0 Å². The van der Waals surface area contributed by atoms with Crippen LogP contribution in [0.5, 0.6) is 0 Å². The van der Waals surface area contributed by atoms with E-state index in [9.17, 15) is 0 Å². The summed E-state index contributed by atoms with van der Waals surface area (Å²) in [5, 5.41) is 2.31. The standard InChI is InChI=1S/C57H37N3S/c1-6-16-38(17-7-1)41-26-30-45(31-27-41)55-58-56(46-32-28-42(29-33-46)39-18-8-2-9-19-39)60-57(59-55)49-35-34-48(43-22-12-4-13-23-43)54-52(49)51-37-47(40-20-10-3-11-21-40)36-50(53(51)61-54)44-24-14-5-15-25-44/h1-37H. The fourth-order valence-electron chi connectivity index (χ4n) is 8.28. The third-order valence-corrected chi connectivity index (χ3v) is 12.6. The fraction of sp³-hybridized carbons (Fsp3) is 0. The van der Waals surface area contributed by atoms with Crippen LogP contribution in [-0.2, 0) is 0 Å². The summed E-state index contributed by atoms with van der Waals surface area (Å²) in [5.74, 6) is 1.89. The van der Waals surface area contributed by atoms with Crippen molar-refractivity contribution in [2.24, 2.45) is 0 Å². The molecule has 3 nitrogen and oxygen atoms in total. The molecule has 0 unspecified atom stereocenters. The Morgan fingerprint density at radius 1 is 0.246 bits per heavy atom. The Kier molecular flexibility index (Phi) is 9.38. The lowest BCUT2D eigenvalue weighted by molar-refractivity contribution is 1.08. The van der Waals surface area contributed by atoms with Crippen LogP contribution in [0.2, 0.25) is 0 Å². The quantitative estimate of drug-likeness (QED) is 0.154. The summed E-state index contributed by atoms with van der Waals surface area (Å²) in [6, 6.07) is 79.3. The minimum Gasteiger partial charge on any atom is -0.208 e. The molecule has 0 amide bonds. The number of thiophene rings is 1. The third-order valence-electron chi connectivity index (χ3n) is 11.4. The molecule has 0 fully saturated rings. The van der Waals surface area contributed by atoms with E-state index < -0.39 is 0 Å². The van der Waals surface area contributed by atoms with Gasteiger partial charge in [0.15, 0.2) is 17.5 Å². The molecule has 61 heavy (non-hydrogen) atoms. The van der Waals surface area contributed by atoms with Crippen molar-refractivity contribution in [3.63, 3.8) is 0 Å². The first-order valence-electron chi connectivity index (χ1n) is 20.5. The van der Waals surface area contributed by atoms with Crippen LogP contribution in [0.3, 0.4) is 0 Å². The summed E-state index contributed by atoms with van der Waals surface area (Å²) in [5.41, 5.74) is 14.5. The van der Waals surface area contributed by atoms with Crippen molar-refractivity contribution in [1.82, 2.24) is 15.0 Å². The van der Waals surface area contributed by atoms with Crippen molar-refractivity contribution >= 4 is 31.5 Å². The predicted molar refractivity (Wildman–Crippen MR) is 256 cm³/mol. The highest BCUT2D eigenvalue weighted by Gasteiger charge is 2.22. The zero-order chi connectivity index (χ0) is 40.5. The lowest BCUT2D eigenvalue weighted by Crippen LogP contribution is -2.00. The molecule has 9 aromatic carbocycles. The number of aromatic nitrogens is 3. The van der Waals surface area contributed by atoms with E-state index in [4.69, 9.17) is 15.0 Å². The van der Waals surface area contributed by atoms with E-state index >= 15 is 0 Å². The second-order valence-electron chi connectivity index (χ2n) is 15.2. The van der Waals surface area contributed by atoms with E-state index in [2.05, 4.69) is 212 Å². The number of benzene rings is 9. The number of fused-ring (bicyclic) bond motifs is 3. The first kappa shape index (κ1) is 36.3. The van der Waals surface area contributed by atoms with E-state index in [-0.39, 0.29) is 0 Å². The smallest absolute Gasteiger partial charge is 0.164 e. The minimum atomic E-state index is 0.626. The van der Waals surface area contributed by atoms with Gasteiger partial charge in [0.05, 0.1) is 0 Å². The topological polar surface area (TPSA) is 38.7 Å². The first-order chi connectivity index (χ1) is 30.2. The van der Waals surface area contributed by atoms with Crippen molar-refractivity contribution < 1.29 is 0 Å². The average molecular weight is 796 g/mol. The van der Waals surface area contributed by atoms with Gasteiger partial charge in [-0.3, -0.25) is 0 Å². The Morgan fingerprint density at radius 2 is 0.607 bits per heavy atom. The maximum Gasteiger partial charge on any atom is 0.164 e. The summed E-state index contributed by atoms with van der Waals surface area (Å²) in [6.45, 7) is 0. The molecule has 0 radical (unpaired) electrons. The molecular formula is C57H37N3S. The highest BCUT2D eigenvalue weighted by atomic mass is 32.1. The highest BCUT2D eigenvalue weighted by Crippen LogP contribution is 2.49. The molecule has 0 bridgehead atoms. The molecule has 11 rings (SSSR count). The van der Waals surface area contributed by atoms with Crippen molar-refractivity contribution in [3.05, 3.63) is 224 Å². The molecule has 0 aliphatic heterocycles. The Balaban J connectivity index is 1.17. The average Bonchev–Trinajstić information content (AvgIpc) is 3.74. The largest absolute Gasteiger partial charge is 0.208 e. The van der Waals surface area contributed by atoms with Gasteiger partial charge in [-0.2, -0.15) is 0 Å². The normalized spacial score (nSPS) is 11.3. The van der Waals surface area contributed by atoms with Gasteiger partial charge in [-0.15, -0.1) is 11.3 Å². The van der Waals surface area contributed by atoms with E-state index in [0.717, 1.165) is 38.8 Å². The second kappa shape index (κ2) is 15.8. The van der Waals surface area contributed by atoms with Gasteiger partial charge in [0.2, 0.25) is 0 Å². The van der Waals surface area contributed by atoms with Crippen LogP contribution in [0.25, 0.3) is 110 Å². The number of nitrogens with zero attached hydrogens (tertiary/aromatic N) is 3. The summed E-state index contributed by atoms with van der Waals surface area (Å²) in [4.78, 5) is 15.9. The van der Waals surface area contributed by atoms with Gasteiger partial charge < -0.3 is 0 Å². The molecule has 2 heterocycles. The molecular weight excluding hydrogens is 759 g/mol. The van der Waals surface area contributed by atoms with Crippen molar-refractivity contribution in [1.29, 1.82) is 0 Å². The van der Waals surface area contributed by atoms with Gasteiger partial charge in [-0.25, -0.2) is 15.0 Å². The SMILES string of the molecule is c1ccc(-c2ccc(-c3nc(-c4ccc(-c5ccccc5)cc4)nc(-c4ccc(-c5ccccc5)c5sc6c(-c7ccccc7)cc(-c7ccccc7)cc6c45)n3)cc2)cc1. The summed E-state index contributed by atoms with van der Waals surface area (Å²) in [6.07, 6.45) is 0. The zero-order valence-electron chi connectivity index (χ0n) is 33.1.